The summed E-state index contributed by atoms with van der Waals surface area (Å²) in [6, 6.07) is 9.55. The monoisotopic (exact) mass is 250 g/mol. The number of hydrogen-bond donors (Lipinski definition) is 1. The molecule has 0 spiro atoms. The molecule has 0 saturated carbocycles. The molecule has 3 rings (SSSR count). The van der Waals surface area contributed by atoms with Crippen LogP contribution in [0.5, 0.6) is 0 Å². The van der Waals surface area contributed by atoms with E-state index in [4.69, 9.17) is 14.2 Å². The number of hydrogen-bond acceptors (Lipinski definition) is 4. The molecule has 2 heterocycles. The summed E-state index contributed by atoms with van der Waals surface area (Å²) < 4.78 is 16.8. The van der Waals surface area contributed by atoms with Crippen molar-refractivity contribution < 1.29 is 19.3 Å². The van der Waals surface area contributed by atoms with Crippen LogP contribution in [-0.4, -0.2) is 35.8 Å². The van der Waals surface area contributed by atoms with E-state index < -0.39 is 11.9 Å². The van der Waals surface area contributed by atoms with Crippen LogP contribution >= 0.6 is 0 Å². The molecule has 2 aliphatic heterocycles. The minimum Gasteiger partial charge on any atom is -0.386 e. The van der Waals surface area contributed by atoms with Crippen molar-refractivity contribution in [1.29, 1.82) is 0 Å². The van der Waals surface area contributed by atoms with Gasteiger partial charge in [0, 0.05) is 0 Å². The maximum Gasteiger partial charge on any atom is 0.163 e. The molecule has 0 bridgehead atoms. The van der Waals surface area contributed by atoms with Gasteiger partial charge in [0.05, 0.1) is 6.61 Å². The first-order valence-electron chi connectivity index (χ1n) is 6.27. The van der Waals surface area contributed by atoms with Crippen LogP contribution < -0.4 is 0 Å². The van der Waals surface area contributed by atoms with Gasteiger partial charge < -0.3 is 19.3 Å². The van der Waals surface area contributed by atoms with Crippen LogP contribution in [0.3, 0.4) is 0 Å². The number of aliphatic hydroxyl groups is 1. The Balaban J connectivity index is 1.61. The number of epoxide rings is 1. The van der Waals surface area contributed by atoms with Crippen molar-refractivity contribution in [3.8, 4) is 0 Å². The molecule has 0 unspecified atom stereocenters. The lowest BCUT2D eigenvalue weighted by atomic mass is 10.0. The highest BCUT2D eigenvalue weighted by Gasteiger charge is 2.53. The Labute approximate surface area is 106 Å². The third-order valence-electron chi connectivity index (χ3n) is 3.41. The van der Waals surface area contributed by atoms with E-state index in [-0.39, 0.29) is 18.3 Å². The van der Waals surface area contributed by atoms with E-state index in [1.807, 2.05) is 44.2 Å². The fourth-order valence-corrected chi connectivity index (χ4v) is 2.41. The molecule has 2 fully saturated rings. The zero-order valence-electron chi connectivity index (χ0n) is 10.6. The Morgan fingerprint density at radius 1 is 1.28 bits per heavy atom. The smallest absolute Gasteiger partial charge is 0.163 e. The second kappa shape index (κ2) is 4.31. The molecule has 1 aromatic rings. The van der Waals surface area contributed by atoms with Crippen molar-refractivity contribution in [3.63, 3.8) is 0 Å². The van der Waals surface area contributed by atoms with Gasteiger partial charge in [0.2, 0.25) is 0 Å². The van der Waals surface area contributed by atoms with Gasteiger partial charge in [0.25, 0.3) is 0 Å². The molecule has 18 heavy (non-hydrogen) atoms. The van der Waals surface area contributed by atoms with Gasteiger partial charge in [0.1, 0.15) is 24.4 Å². The minimum atomic E-state index is -0.594. The molecule has 0 radical (unpaired) electrons. The molecule has 4 nitrogen and oxygen atoms in total. The molecule has 4 atom stereocenters. The van der Waals surface area contributed by atoms with Crippen LogP contribution in [0.4, 0.5) is 0 Å². The second-order valence-corrected chi connectivity index (χ2v) is 5.29. The van der Waals surface area contributed by atoms with Crippen LogP contribution in [0.15, 0.2) is 30.3 Å². The van der Waals surface area contributed by atoms with Gasteiger partial charge in [0.15, 0.2) is 5.79 Å². The molecule has 0 amide bonds. The largest absolute Gasteiger partial charge is 0.386 e. The van der Waals surface area contributed by atoms with Crippen molar-refractivity contribution in [2.45, 2.75) is 44.1 Å². The third kappa shape index (κ3) is 2.29. The Kier molecular flexibility index (Phi) is 2.90. The predicted octanol–water partition coefficient (Wildman–Crippen LogP) is 1.64. The summed E-state index contributed by atoms with van der Waals surface area (Å²) in [7, 11) is 0. The lowest BCUT2D eigenvalue weighted by Crippen LogP contribution is -2.26. The zero-order valence-corrected chi connectivity index (χ0v) is 10.6. The molecule has 2 aliphatic rings. The van der Waals surface area contributed by atoms with Gasteiger partial charge in [-0.2, -0.15) is 0 Å². The maximum atomic E-state index is 10.2. The van der Waals surface area contributed by atoms with Gasteiger partial charge in [-0.05, 0) is 19.4 Å². The molecule has 4 heteroatoms. The summed E-state index contributed by atoms with van der Waals surface area (Å²) in [5.41, 5.74) is 0.878. The molecule has 2 saturated heterocycles. The Bertz CT molecular complexity index is 417. The molecule has 98 valence electrons. The van der Waals surface area contributed by atoms with Crippen LogP contribution in [-0.2, 0) is 14.2 Å². The van der Waals surface area contributed by atoms with Crippen molar-refractivity contribution in [2.24, 2.45) is 0 Å². The average Bonchev–Trinajstić information content (AvgIpc) is 3.08. The molecule has 1 N–H and O–H groups in total. The van der Waals surface area contributed by atoms with E-state index in [9.17, 15) is 5.11 Å². The SMILES string of the molecule is CC1(C)OC[C@H]([C@@H]2O[C@H]2[C@@H](O)c2ccccc2)O1. The highest BCUT2D eigenvalue weighted by molar-refractivity contribution is 5.20. The summed E-state index contributed by atoms with van der Waals surface area (Å²) in [4.78, 5) is 0. The summed E-state index contributed by atoms with van der Waals surface area (Å²) in [6.45, 7) is 4.30. The Morgan fingerprint density at radius 2 is 2.00 bits per heavy atom. The number of rotatable bonds is 3. The maximum absolute atomic E-state index is 10.2. The van der Waals surface area contributed by atoms with Gasteiger partial charge in [-0.3, -0.25) is 0 Å². The van der Waals surface area contributed by atoms with E-state index in [1.165, 1.54) is 0 Å². The molecule has 0 aliphatic carbocycles. The van der Waals surface area contributed by atoms with Gasteiger partial charge in [-0.1, -0.05) is 30.3 Å². The Hall–Kier alpha value is -0.940. The summed E-state index contributed by atoms with van der Waals surface area (Å²) in [6.07, 6.45) is -0.927. The fraction of sp³-hybridized carbons (Fsp3) is 0.571. The molecular weight excluding hydrogens is 232 g/mol. The van der Waals surface area contributed by atoms with E-state index >= 15 is 0 Å². The van der Waals surface area contributed by atoms with Crippen LogP contribution in [0.2, 0.25) is 0 Å². The summed E-state index contributed by atoms with van der Waals surface area (Å²) in [5.74, 6) is -0.543. The van der Waals surface area contributed by atoms with E-state index in [2.05, 4.69) is 0 Å². The molecule has 1 aromatic carbocycles. The number of ether oxygens (including phenoxy) is 3. The lowest BCUT2D eigenvalue weighted by Gasteiger charge is -2.16. The molecule has 0 aromatic heterocycles. The first-order valence-corrected chi connectivity index (χ1v) is 6.27. The van der Waals surface area contributed by atoms with Crippen LogP contribution in [0.1, 0.15) is 25.5 Å². The quantitative estimate of drug-likeness (QED) is 0.829. The van der Waals surface area contributed by atoms with E-state index in [0.29, 0.717) is 6.61 Å². The van der Waals surface area contributed by atoms with Crippen molar-refractivity contribution >= 4 is 0 Å². The van der Waals surface area contributed by atoms with Gasteiger partial charge in [-0.15, -0.1) is 0 Å². The van der Waals surface area contributed by atoms with Crippen molar-refractivity contribution in [3.05, 3.63) is 35.9 Å². The normalized spacial score (nSPS) is 35.4. The predicted molar refractivity (Wildman–Crippen MR) is 65.0 cm³/mol. The fourth-order valence-electron chi connectivity index (χ4n) is 2.41. The summed E-state index contributed by atoms with van der Waals surface area (Å²) >= 11 is 0. The van der Waals surface area contributed by atoms with Gasteiger partial charge >= 0.3 is 0 Å². The lowest BCUT2D eigenvalue weighted by molar-refractivity contribution is -0.140. The number of benzene rings is 1. The first-order chi connectivity index (χ1) is 8.57. The molecular formula is C14H18O4. The standard InChI is InChI=1S/C14H18O4/c1-14(2)16-8-10(18-14)12-13(17-12)11(15)9-6-4-3-5-7-9/h3-7,10-13,15H,8H2,1-2H3/t10-,11+,12+,13+/m1/s1. The van der Waals surface area contributed by atoms with E-state index in [0.717, 1.165) is 5.56 Å². The minimum absolute atomic E-state index is 0.0676. The van der Waals surface area contributed by atoms with Crippen LogP contribution in [0, 0.1) is 0 Å². The highest BCUT2D eigenvalue weighted by atomic mass is 16.8. The van der Waals surface area contributed by atoms with Gasteiger partial charge in [-0.25, -0.2) is 0 Å². The second-order valence-electron chi connectivity index (χ2n) is 5.29. The average molecular weight is 250 g/mol. The van der Waals surface area contributed by atoms with Crippen molar-refractivity contribution in [2.75, 3.05) is 6.61 Å². The van der Waals surface area contributed by atoms with Crippen molar-refractivity contribution in [1.82, 2.24) is 0 Å². The van der Waals surface area contributed by atoms with Crippen LogP contribution in [0.25, 0.3) is 0 Å². The Morgan fingerprint density at radius 3 is 2.61 bits per heavy atom. The summed E-state index contributed by atoms with van der Waals surface area (Å²) in [5, 5.41) is 10.2. The van der Waals surface area contributed by atoms with E-state index in [1.54, 1.807) is 0 Å². The topological polar surface area (TPSA) is 51.2 Å². The third-order valence-corrected chi connectivity index (χ3v) is 3.41. The number of aliphatic hydroxyl groups excluding tert-OH is 1. The highest BCUT2D eigenvalue weighted by Crippen LogP contribution is 2.40. The first kappa shape index (κ1) is 12.1. The zero-order chi connectivity index (χ0) is 12.8.